The maximum Gasteiger partial charge on any atom is 0.266 e. The van der Waals surface area contributed by atoms with Crippen LogP contribution in [0.1, 0.15) is 43.4 Å². The summed E-state index contributed by atoms with van der Waals surface area (Å²) in [4.78, 5) is 54.9. The number of benzene rings is 3. The number of likely N-dealkylation sites (N-methyl/N-ethyl adjacent to an activating group) is 1. The number of nitrogens with zero attached hydrogens (tertiary/aromatic N) is 3. The Morgan fingerprint density at radius 2 is 1.54 bits per heavy atom. The monoisotopic (exact) mass is 731 g/mol. The number of aliphatic hydroxyl groups is 1. The van der Waals surface area contributed by atoms with E-state index in [4.69, 9.17) is 0 Å². The molecule has 3 aromatic carbocycles. The Labute approximate surface area is 299 Å². The highest BCUT2D eigenvalue weighted by Crippen LogP contribution is 2.67. The number of carbonyl (C=O) groups excluding carboxylic acids is 4. The molecule has 0 unspecified atom stereocenters. The summed E-state index contributed by atoms with van der Waals surface area (Å²) in [6.07, 6.45) is -0.316. The normalized spacial score (nSPS) is 26.8. The van der Waals surface area contributed by atoms with Crippen molar-refractivity contribution in [1.29, 1.82) is 0 Å². The third kappa shape index (κ3) is 4.84. The second-order valence-corrected chi connectivity index (χ2v) is 17.4. The number of rotatable bonds is 11. The van der Waals surface area contributed by atoms with Crippen LogP contribution in [0.3, 0.4) is 0 Å². The molecule has 1 N–H and O–H groups in total. The number of aliphatic hydroxyl groups excluding tert-OH is 1. The van der Waals surface area contributed by atoms with Crippen LogP contribution in [0, 0.1) is 0 Å². The third-order valence-electron chi connectivity index (χ3n) is 10.1. The van der Waals surface area contributed by atoms with E-state index in [1.54, 1.807) is 42.5 Å². The highest BCUT2D eigenvalue weighted by atomic mass is 32.2. The average Bonchev–Trinajstić information content (AvgIpc) is 3.72. The first-order valence-electron chi connectivity index (χ1n) is 16.4. The van der Waals surface area contributed by atoms with Crippen LogP contribution in [0.5, 0.6) is 0 Å². The Kier molecular flexibility index (Phi) is 8.77. The van der Waals surface area contributed by atoms with Crippen molar-refractivity contribution in [3.8, 4) is 0 Å². The molecule has 260 valence electrons. The minimum absolute atomic E-state index is 0.0112. The molecular formula is C37H37N3O7S3. The molecular weight excluding hydrogens is 695 g/mol. The quantitative estimate of drug-likeness (QED) is 0.308. The average molecular weight is 732 g/mol. The fraction of sp³-hybridized carbons (Fsp3) is 0.351. The number of piperazine rings is 1. The zero-order valence-electron chi connectivity index (χ0n) is 27.8. The van der Waals surface area contributed by atoms with E-state index in [0.717, 1.165) is 34.7 Å². The van der Waals surface area contributed by atoms with Gasteiger partial charge >= 0.3 is 0 Å². The fourth-order valence-electron chi connectivity index (χ4n) is 7.97. The first-order chi connectivity index (χ1) is 23.9. The van der Waals surface area contributed by atoms with Gasteiger partial charge in [0.15, 0.2) is 10.2 Å². The molecule has 2 saturated heterocycles. The molecule has 3 aromatic rings. The smallest absolute Gasteiger partial charge is 0.266 e. The van der Waals surface area contributed by atoms with Gasteiger partial charge in [-0.15, -0.1) is 23.5 Å². The van der Waals surface area contributed by atoms with Crippen molar-refractivity contribution in [1.82, 2.24) is 9.80 Å². The predicted octanol–water partition coefficient (Wildman–Crippen LogP) is 4.22. The summed E-state index contributed by atoms with van der Waals surface area (Å²) in [5.74, 6) is -0.982. The molecule has 0 saturated carbocycles. The van der Waals surface area contributed by atoms with Crippen LogP contribution in [-0.4, -0.2) is 87.8 Å². The SMILES string of the molecule is CC(=O)CCS[C@H]1C(=O)N2[C@H]3N(S(=O)(=O)c4ccccc4)c4ccccc4[C@@]3(C3=CCc4ccccc43)[C@H](O)[C@]2(SCCC(C)=O)C(=O)N1C. The molecule has 0 bridgehead atoms. The van der Waals surface area contributed by atoms with Gasteiger partial charge in [-0.05, 0) is 60.7 Å². The lowest BCUT2D eigenvalue weighted by molar-refractivity contribution is -0.160. The Morgan fingerprint density at radius 3 is 2.26 bits per heavy atom. The Hall–Kier alpha value is -3.91. The van der Waals surface area contributed by atoms with Crippen LogP contribution in [0.4, 0.5) is 5.69 Å². The molecule has 3 heterocycles. The number of ketones is 2. The Balaban J connectivity index is 1.54. The molecule has 0 radical (unpaired) electrons. The van der Waals surface area contributed by atoms with E-state index < -0.39 is 49.8 Å². The van der Waals surface area contributed by atoms with E-state index in [1.165, 1.54) is 47.1 Å². The van der Waals surface area contributed by atoms with Crippen molar-refractivity contribution >= 4 is 68.2 Å². The number of carbonyl (C=O) groups is 4. The number of fused-ring (bicyclic) bond motifs is 6. The minimum Gasteiger partial charge on any atom is -0.388 e. The standard InChI is InChI=1S/C37H37N3O7S3/c1-23(41)19-21-48-32-31(43)39-34-36(28-18-17-25-11-7-8-14-27(25)28,33(44)37(39,35(45)38(32)3)49-22-20-24(2)42)29-15-9-10-16-30(29)40(34)50(46,47)26-12-5-4-6-13-26/h4-16,18,32-34,44H,17,19-22H2,1-3H3/t32-,33-,34-,36-,37-/m0/s1. The molecule has 0 spiro atoms. The van der Waals surface area contributed by atoms with E-state index in [2.05, 4.69) is 0 Å². The van der Waals surface area contributed by atoms with Gasteiger partial charge in [0.1, 0.15) is 23.8 Å². The summed E-state index contributed by atoms with van der Waals surface area (Å²) >= 11 is 2.14. The van der Waals surface area contributed by atoms with Crippen LogP contribution in [0.2, 0.25) is 0 Å². The topological polar surface area (TPSA) is 132 Å². The van der Waals surface area contributed by atoms with Gasteiger partial charge in [0.2, 0.25) is 0 Å². The zero-order chi connectivity index (χ0) is 35.6. The van der Waals surface area contributed by atoms with Gasteiger partial charge in [-0.3, -0.25) is 24.1 Å². The summed E-state index contributed by atoms with van der Waals surface area (Å²) < 4.78 is 31.2. The van der Waals surface area contributed by atoms with Gasteiger partial charge in [-0.2, -0.15) is 0 Å². The largest absolute Gasteiger partial charge is 0.388 e. The van der Waals surface area contributed by atoms with Gasteiger partial charge in [-0.25, -0.2) is 12.7 Å². The lowest BCUT2D eigenvalue weighted by Crippen LogP contribution is -2.72. The molecule has 3 aliphatic heterocycles. The molecule has 2 fully saturated rings. The molecule has 2 amide bonds. The second-order valence-electron chi connectivity index (χ2n) is 13.1. The number of Topliss-reactive ketones (excluding diaryl/α,β-unsaturated/α-hetero) is 2. The summed E-state index contributed by atoms with van der Waals surface area (Å²) in [6.45, 7) is 2.89. The number of hydrogen-bond donors (Lipinski definition) is 1. The highest BCUT2D eigenvalue weighted by Gasteiger charge is 2.80. The fourth-order valence-corrected chi connectivity index (χ4v) is 12.5. The summed E-state index contributed by atoms with van der Waals surface area (Å²) in [5, 5.41) is 12.1. The van der Waals surface area contributed by atoms with Crippen LogP contribution in [0.15, 0.2) is 89.8 Å². The number of sulfonamides is 1. The van der Waals surface area contributed by atoms with Crippen LogP contribution >= 0.6 is 23.5 Å². The maximum absolute atomic E-state index is 15.2. The molecule has 4 aliphatic rings. The minimum atomic E-state index is -4.42. The summed E-state index contributed by atoms with van der Waals surface area (Å²) in [6, 6.07) is 22.6. The Bertz CT molecular complexity index is 2060. The lowest BCUT2D eigenvalue weighted by Gasteiger charge is -2.50. The zero-order valence-corrected chi connectivity index (χ0v) is 30.3. The van der Waals surface area contributed by atoms with Crippen molar-refractivity contribution < 1.29 is 32.7 Å². The first-order valence-corrected chi connectivity index (χ1v) is 19.9. The molecule has 5 atom stereocenters. The number of allylic oxidation sites excluding steroid dienone is 1. The van der Waals surface area contributed by atoms with Crippen LogP contribution < -0.4 is 4.31 Å². The van der Waals surface area contributed by atoms with E-state index >= 15 is 18.0 Å². The predicted molar refractivity (Wildman–Crippen MR) is 194 cm³/mol. The number of amides is 2. The number of anilines is 1. The molecule has 0 aromatic heterocycles. The van der Waals surface area contributed by atoms with Crippen molar-refractivity contribution in [2.75, 3.05) is 22.9 Å². The van der Waals surface area contributed by atoms with Gasteiger partial charge in [0.05, 0.1) is 16.0 Å². The van der Waals surface area contributed by atoms with Crippen LogP contribution in [-0.2, 0) is 41.0 Å². The molecule has 50 heavy (non-hydrogen) atoms. The summed E-state index contributed by atoms with van der Waals surface area (Å²) in [5.41, 5.74) is 1.57. The van der Waals surface area contributed by atoms with Gasteiger partial charge < -0.3 is 10.0 Å². The van der Waals surface area contributed by atoms with Crippen molar-refractivity contribution in [3.63, 3.8) is 0 Å². The first kappa shape index (κ1) is 34.5. The molecule has 10 nitrogen and oxygen atoms in total. The van der Waals surface area contributed by atoms with Crippen LogP contribution in [0.25, 0.3) is 5.57 Å². The van der Waals surface area contributed by atoms with E-state index in [9.17, 15) is 14.7 Å². The maximum atomic E-state index is 15.2. The van der Waals surface area contributed by atoms with E-state index in [1.807, 2.05) is 30.3 Å². The number of para-hydroxylation sites is 1. The Morgan fingerprint density at radius 1 is 0.900 bits per heavy atom. The van der Waals surface area contributed by atoms with Crippen molar-refractivity contribution in [2.24, 2.45) is 0 Å². The van der Waals surface area contributed by atoms with Gasteiger partial charge in [0, 0.05) is 31.4 Å². The number of hydrogen-bond acceptors (Lipinski definition) is 9. The summed E-state index contributed by atoms with van der Waals surface area (Å²) in [7, 11) is -2.92. The van der Waals surface area contributed by atoms with Crippen molar-refractivity contribution in [3.05, 3.63) is 102 Å². The molecule has 1 aliphatic carbocycles. The highest BCUT2D eigenvalue weighted by molar-refractivity contribution is 8.01. The van der Waals surface area contributed by atoms with E-state index in [0.29, 0.717) is 23.2 Å². The third-order valence-corrected chi connectivity index (χ3v) is 14.6. The lowest BCUT2D eigenvalue weighted by atomic mass is 9.68. The van der Waals surface area contributed by atoms with E-state index in [-0.39, 0.29) is 40.8 Å². The van der Waals surface area contributed by atoms with Gasteiger partial charge in [-0.1, -0.05) is 66.7 Å². The van der Waals surface area contributed by atoms with Gasteiger partial charge in [0.25, 0.3) is 21.8 Å². The molecule has 13 heteroatoms. The number of thioether (sulfide) groups is 2. The molecule has 7 rings (SSSR count). The second kappa shape index (κ2) is 12.7. The van der Waals surface area contributed by atoms with Crippen molar-refractivity contribution in [2.45, 2.75) is 65.9 Å².